The lowest BCUT2D eigenvalue weighted by Crippen LogP contribution is -2.06. The molecule has 0 saturated carbocycles. The van der Waals surface area contributed by atoms with Gasteiger partial charge in [-0.2, -0.15) is 0 Å². The van der Waals surface area contributed by atoms with Gasteiger partial charge >= 0.3 is 6.16 Å². The standard InChI is InChI=1S/C25H24N2O4/c1-2-3-11-23-26-20-8-6-9-21(28)24(20)27(23)16-17-12-14-18(15-13-17)19-7-4-5-10-22(19)31-25(29)30/h4-10,12-15,28H,2-3,11,16H2,1H3,(H,29,30). The van der Waals surface area contributed by atoms with E-state index < -0.39 is 6.16 Å². The molecule has 6 heteroatoms. The highest BCUT2D eigenvalue weighted by Crippen LogP contribution is 2.31. The quantitative estimate of drug-likeness (QED) is 0.291. The number of phenols is 1. The largest absolute Gasteiger partial charge is 0.511 e. The Bertz CT molecular complexity index is 1210. The number of imidazole rings is 1. The Balaban J connectivity index is 1.66. The number of unbranched alkanes of at least 4 members (excludes halogenated alkanes) is 1. The molecule has 1 aromatic heterocycles. The van der Waals surface area contributed by atoms with Gasteiger partial charge in [-0.25, -0.2) is 9.78 Å². The molecule has 158 valence electrons. The summed E-state index contributed by atoms with van der Waals surface area (Å²) in [6.07, 6.45) is 1.61. The van der Waals surface area contributed by atoms with E-state index in [1.54, 1.807) is 18.2 Å². The Labute approximate surface area is 180 Å². The molecule has 0 bridgehead atoms. The predicted octanol–water partition coefficient (Wildman–Crippen LogP) is 5.86. The topological polar surface area (TPSA) is 84.6 Å². The zero-order chi connectivity index (χ0) is 21.8. The highest BCUT2D eigenvalue weighted by molar-refractivity contribution is 5.82. The minimum absolute atomic E-state index is 0.226. The van der Waals surface area contributed by atoms with Gasteiger partial charge in [0.1, 0.15) is 22.8 Å². The van der Waals surface area contributed by atoms with E-state index in [1.807, 2.05) is 48.5 Å². The average molecular weight is 416 g/mol. The number of carboxylic acid groups (broad SMARTS) is 1. The number of hydrogen-bond acceptors (Lipinski definition) is 4. The third kappa shape index (κ3) is 4.38. The van der Waals surface area contributed by atoms with Gasteiger partial charge in [0.05, 0.1) is 5.52 Å². The average Bonchev–Trinajstić information content (AvgIpc) is 3.11. The van der Waals surface area contributed by atoms with Gasteiger partial charge in [-0.05, 0) is 35.7 Å². The normalized spacial score (nSPS) is 11.0. The molecular weight excluding hydrogens is 392 g/mol. The lowest BCUT2D eigenvalue weighted by atomic mass is 10.0. The van der Waals surface area contributed by atoms with Crippen molar-refractivity contribution < 1.29 is 19.7 Å². The Morgan fingerprint density at radius 2 is 1.81 bits per heavy atom. The van der Waals surface area contributed by atoms with Crippen molar-refractivity contribution in [1.82, 2.24) is 9.55 Å². The van der Waals surface area contributed by atoms with Crippen LogP contribution in [0, 0.1) is 0 Å². The van der Waals surface area contributed by atoms with E-state index in [4.69, 9.17) is 14.8 Å². The van der Waals surface area contributed by atoms with Crippen LogP contribution in [0.2, 0.25) is 0 Å². The van der Waals surface area contributed by atoms with Gasteiger partial charge in [0.15, 0.2) is 0 Å². The molecule has 3 aromatic carbocycles. The van der Waals surface area contributed by atoms with Crippen molar-refractivity contribution in [3.05, 3.63) is 78.1 Å². The Hall–Kier alpha value is -3.80. The number of nitrogens with zero attached hydrogens (tertiary/aromatic N) is 2. The van der Waals surface area contributed by atoms with Gasteiger partial charge in [0.2, 0.25) is 0 Å². The molecule has 31 heavy (non-hydrogen) atoms. The molecule has 0 radical (unpaired) electrons. The third-order valence-electron chi connectivity index (χ3n) is 5.27. The molecule has 0 spiro atoms. The Morgan fingerprint density at radius 1 is 1.03 bits per heavy atom. The number of rotatable bonds is 7. The molecule has 0 aliphatic rings. The van der Waals surface area contributed by atoms with Crippen LogP contribution in [0.15, 0.2) is 66.7 Å². The molecule has 1 heterocycles. The molecule has 0 amide bonds. The second-order valence-electron chi connectivity index (χ2n) is 7.42. The van der Waals surface area contributed by atoms with Crippen molar-refractivity contribution in [2.75, 3.05) is 0 Å². The van der Waals surface area contributed by atoms with E-state index in [0.717, 1.165) is 47.2 Å². The fourth-order valence-corrected chi connectivity index (χ4v) is 3.77. The van der Waals surface area contributed by atoms with Crippen molar-refractivity contribution in [3.8, 4) is 22.6 Å². The second-order valence-corrected chi connectivity index (χ2v) is 7.42. The second kappa shape index (κ2) is 8.92. The van der Waals surface area contributed by atoms with Crippen LogP contribution in [-0.2, 0) is 13.0 Å². The molecule has 0 saturated heterocycles. The highest BCUT2D eigenvalue weighted by atomic mass is 16.7. The summed E-state index contributed by atoms with van der Waals surface area (Å²) in [6.45, 7) is 2.73. The molecule has 0 aliphatic heterocycles. The molecule has 0 unspecified atom stereocenters. The predicted molar refractivity (Wildman–Crippen MR) is 120 cm³/mol. The first kappa shape index (κ1) is 20.5. The summed E-state index contributed by atoms with van der Waals surface area (Å²) in [5, 5.41) is 19.4. The fourth-order valence-electron chi connectivity index (χ4n) is 3.77. The highest BCUT2D eigenvalue weighted by Gasteiger charge is 2.15. The summed E-state index contributed by atoms with van der Waals surface area (Å²) in [4.78, 5) is 15.7. The first-order valence-electron chi connectivity index (χ1n) is 10.3. The Morgan fingerprint density at radius 3 is 2.55 bits per heavy atom. The number of benzene rings is 3. The first-order valence-corrected chi connectivity index (χ1v) is 10.3. The fraction of sp³-hybridized carbons (Fsp3) is 0.200. The van der Waals surface area contributed by atoms with Crippen molar-refractivity contribution in [1.29, 1.82) is 0 Å². The molecule has 4 rings (SSSR count). The van der Waals surface area contributed by atoms with Crippen LogP contribution in [0.1, 0.15) is 31.2 Å². The van der Waals surface area contributed by atoms with Crippen LogP contribution in [0.4, 0.5) is 4.79 Å². The van der Waals surface area contributed by atoms with Crippen molar-refractivity contribution in [3.63, 3.8) is 0 Å². The van der Waals surface area contributed by atoms with Crippen LogP contribution in [0.3, 0.4) is 0 Å². The lowest BCUT2D eigenvalue weighted by Gasteiger charge is -2.12. The van der Waals surface area contributed by atoms with Gasteiger partial charge < -0.3 is 19.5 Å². The number of phenolic OH excluding ortho intramolecular Hbond substituents is 1. The summed E-state index contributed by atoms with van der Waals surface area (Å²) >= 11 is 0. The first-order chi connectivity index (χ1) is 15.1. The number of aryl methyl sites for hydroxylation is 1. The molecule has 0 atom stereocenters. The van der Waals surface area contributed by atoms with Gasteiger partial charge in [-0.15, -0.1) is 0 Å². The third-order valence-corrected chi connectivity index (χ3v) is 5.27. The molecule has 4 aromatic rings. The maximum atomic E-state index is 11.0. The van der Waals surface area contributed by atoms with Crippen molar-refractivity contribution in [2.24, 2.45) is 0 Å². The van der Waals surface area contributed by atoms with E-state index in [9.17, 15) is 9.90 Å². The summed E-state index contributed by atoms with van der Waals surface area (Å²) in [5.74, 6) is 1.49. The number of aromatic nitrogens is 2. The van der Waals surface area contributed by atoms with Gasteiger partial charge in [-0.3, -0.25) is 0 Å². The van der Waals surface area contributed by atoms with Crippen molar-refractivity contribution in [2.45, 2.75) is 32.7 Å². The van der Waals surface area contributed by atoms with E-state index in [-0.39, 0.29) is 5.75 Å². The maximum Gasteiger partial charge on any atom is 0.511 e. The van der Waals surface area contributed by atoms with E-state index >= 15 is 0 Å². The number of ether oxygens (including phenoxy) is 1. The van der Waals surface area contributed by atoms with Gasteiger partial charge in [-0.1, -0.05) is 61.9 Å². The van der Waals surface area contributed by atoms with Crippen LogP contribution in [-0.4, -0.2) is 25.9 Å². The molecule has 2 N–H and O–H groups in total. The van der Waals surface area contributed by atoms with E-state index in [2.05, 4.69) is 11.5 Å². The number of aromatic hydroxyl groups is 1. The maximum absolute atomic E-state index is 11.0. The van der Waals surface area contributed by atoms with Crippen LogP contribution in [0.25, 0.3) is 22.2 Å². The summed E-state index contributed by atoms with van der Waals surface area (Å²) < 4.78 is 6.99. The zero-order valence-electron chi connectivity index (χ0n) is 17.3. The van der Waals surface area contributed by atoms with Crippen LogP contribution >= 0.6 is 0 Å². The van der Waals surface area contributed by atoms with E-state index in [1.165, 1.54) is 0 Å². The number of para-hydroxylation sites is 2. The summed E-state index contributed by atoms with van der Waals surface area (Å²) in [5.41, 5.74) is 4.18. The number of fused-ring (bicyclic) bond motifs is 1. The smallest absolute Gasteiger partial charge is 0.506 e. The molecule has 6 nitrogen and oxygen atoms in total. The van der Waals surface area contributed by atoms with Crippen LogP contribution < -0.4 is 4.74 Å². The lowest BCUT2D eigenvalue weighted by molar-refractivity contribution is 0.144. The Kier molecular flexibility index (Phi) is 5.89. The monoisotopic (exact) mass is 416 g/mol. The summed E-state index contributed by atoms with van der Waals surface area (Å²) in [6, 6.07) is 20.4. The minimum Gasteiger partial charge on any atom is -0.506 e. The number of carbonyl (C=O) groups is 1. The minimum atomic E-state index is -1.34. The zero-order valence-corrected chi connectivity index (χ0v) is 17.3. The van der Waals surface area contributed by atoms with Gasteiger partial charge in [0.25, 0.3) is 0 Å². The van der Waals surface area contributed by atoms with Gasteiger partial charge in [0, 0.05) is 18.5 Å². The van der Waals surface area contributed by atoms with Crippen LogP contribution in [0.5, 0.6) is 11.5 Å². The SMILES string of the molecule is CCCCc1nc2cccc(O)c2n1Cc1ccc(-c2ccccc2OC(=O)O)cc1. The molecule has 0 aliphatic carbocycles. The molecular formula is C25H24N2O4. The molecule has 0 fully saturated rings. The van der Waals surface area contributed by atoms with E-state index in [0.29, 0.717) is 17.9 Å². The summed E-state index contributed by atoms with van der Waals surface area (Å²) in [7, 11) is 0. The number of hydrogen-bond donors (Lipinski definition) is 2. The van der Waals surface area contributed by atoms with Crippen molar-refractivity contribution >= 4 is 17.2 Å².